The highest BCUT2D eigenvalue weighted by Crippen LogP contribution is 2.19. The van der Waals surface area contributed by atoms with Gasteiger partial charge < -0.3 is 0 Å². The number of benzene rings is 2. The van der Waals surface area contributed by atoms with Crippen molar-refractivity contribution in [2.24, 2.45) is 5.92 Å². The van der Waals surface area contributed by atoms with Gasteiger partial charge in [0.1, 0.15) is 0 Å². The molecule has 3 aromatic rings. The summed E-state index contributed by atoms with van der Waals surface area (Å²) in [6.45, 7) is 5.60. The summed E-state index contributed by atoms with van der Waals surface area (Å²) in [5.41, 5.74) is 3.73. The molecule has 2 aromatic carbocycles. The number of aromatic amines is 1. The summed E-state index contributed by atoms with van der Waals surface area (Å²) in [6, 6.07) is 19.1. The molecule has 1 aromatic heterocycles. The van der Waals surface area contributed by atoms with Crippen molar-refractivity contribution in [2.75, 3.05) is 0 Å². The Morgan fingerprint density at radius 3 is 2.40 bits per heavy atom. The van der Waals surface area contributed by atoms with E-state index in [9.17, 15) is 0 Å². The maximum Gasteiger partial charge on any atom is 0.287 e. The first-order valence-electron chi connectivity index (χ1n) is 7.31. The lowest BCUT2D eigenvalue weighted by atomic mass is 10.1. The summed E-state index contributed by atoms with van der Waals surface area (Å²) in [5, 5.41) is 0. The van der Waals surface area contributed by atoms with Crippen molar-refractivity contribution in [2.45, 2.75) is 26.8 Å². The van der Waals surface area contributed by atoms with Crippen LogP contribution in [0, 0.1) is 5.92 Å². The molecule has 102 valence electrons. The minimum absolute atomic E-state index is 0.708. The van der Waals surface area contributed by atoms with Crippen molar-refractivity contribution >= 4 is 11.0 Å². The maximum absolute atomic E-state index is 3.57. The van der Waals surface area contributed by atoms with Crippen molar-refractivity contribution in [1.82, 2.24) is 4.98 Å². The van der Waals surface area contributed by atoms with E-state index in [1.165, 1.54) is 28.8 Å². The molecule has 2 nitrogen and oxygen atoms in total. The summed E-state index contributed by atoms with van der Waals surface area (Å²) < 4.78 is 2.41. The molecule has 0 radical (unpaired) electrons. The van der Waals surface area contributed by atoms with Crippen LogP contribution in [-0.2, 0) is 6.54 Å². The van der Waals surface area contributed by atoms with E-state index in [4.69, 9.17) is 0 Å². The van der Waals surface area contributed by atoms with Gasteiger partial charge in [-0.1, -0.05) is 44.2 Å². The molecule has 1 heterocycles. The zero-order valence-corrected chi connectivity index (χ0v) is 12.1. The topological polar surface area (TPSA) is 19.7 Å². The Morgan fingerprint density at radius 2 is 1.65 bits per heavy atom. The van der Waals surface area contributed by atoms with E-state index in [1.807, 2.05) is 0 Å². The van der Waals surface area contributed by atoms with E-state index in [2.05, 4.69) is 78.0 Å². The lowest BCUT2D eigenvalue weighted by molar-refractivity contribution is -0.661. The molecular weight excluding hydrogens is 244 g/mol. The lowest BCUT2D eigenvalue weighted by Crippen LogP contribution is -2.35. The number of H-pyrrole nitrogens is 1. The first-order chi connectivity index (χ1) is 9.75. The van der Waals surface area contributed by atoms with Gasteiger partial charge in [0.15, 0.2) is 11.0 Å². The molecule has 1 N–H and O–H groups in total. The summed E-state index contributed by atoms with van der Waals surface area (Å²) in [6.07, 6.45) is 1.19. The van der Waals surface area contributed by atoms with Crippen LogP contribution in [0.4, 0.5) is 0 Å². The van der Waals surface area contributed by atoms with E-state index in [0.29, 0.717) is 5.92 Å². The van der Waals surface area contributed by atoms with Gasteiger partial charge in [0, 0.05) is 0 Å². The molecule has 0 aliphatic heterocycles. The van der Waals surface area contributed by atoms with Crippen LogP contribution in [-0.4, -0.2) is 4.98 Å². The zero-order chi connectivity index (χ0) is 13.9. The number of nitrogens with zero attached hydrogens (tertiary/aromatic N) is 1. The van der Waals surface area contributed by atoms with Crippen molar-refractivity contribution < 1.29 is 4.57 Å². The van der Waals surface area contributed by atoms with Crippen molar-refractivity contribution in [3.05, 3.63) is 54.6 Å². The SMILES string of the molecule is CC(C)CC[n+]1c(-c2ccccc2)[nH]c2ccccc21. The van der Waals surface area contributed by atoms with Gasteiger partial charge in [-0.25, -0.2) is 9.55 Å². The highest BCUT2D eigenvalue weighted by atomic mass is 15.1. The van der Waals surface area contributed by atoms with Crippen LogP contribution < -0.4 is 4.57 Å². The molecule has 20 heavy (non-hydrogen) atoms. The van der Waals surface area contributed by atoms with E-state index in [1.54, 1.807) is 0 Å². The molecule has 0 fully saturated rings. The standard InChI is InChI=1S/C18H20N2/c1-14(2)12-13-20-17-11-7-6-10-16(17)19-18(20)15-8-4-3-5-9-15/h3-11,14H,12-13H2,1-2H3/p+1. The molecule has 0 bridgehead atoms. The van der Waals surface area contributed by atoms with Gasteiger partial charge in [0.05, 0.1) is 12.1 Å². The lowest BCUT2D eigenvalue weighted by Gasteiger charge is -2.05. The van der Waals surface area contributed by atoms with Gasteiger partial charge in [0.25, 0.3) is 5.82 Å². The average molecular weight is 265 g/mol. The summed E-state index contributed by atoms with van der Waals surface area (Å²) >= 11 is 0. The first kappa shape index (κ1) is 12.9. The van der Waals surface area contributed by atoms with Gasteiger partial charge >= 0.3 is 0 Å². The molecule has 3 rings (SSSR count). The molecule has 2 heteroatoms. The molecule has 0 unspecified atom stereocenters. The molecule has 0 saturated carbocycles. The number of fused-ring (bicyclic) bond motifs is 1. The van der Waals surface area contributed by atoms with Crippen LogP contribution in [0.1, 0.15) is 20.3 Å². The molecular formula is C18H21N2+. The number of nitrogens with one attached hydrogen (secondary N) is 1. The number of para-hydroxylation sites is 2. The Labute approximate surface area is 120 Å². The first-order valence-corrected chi connectivity index (χ1v) is 7.31. The Kier molecular flexibility index (Phi) is 3.55. The smallest absolute Gasteiger partial charge is 0.236 e. The van der Waals surface area contributed by atoms with Crippen LogP contribution in [0.3, 0.4) is 0 Å². The molecule has 0 amide bonds. The predicted molar refractivity (Wildman–Crippen MR) is 83.4 cm³/mol. The van der Waals surface area contributed by atoms with Crippen molar-refractivity contribution in [3.63, 3.8) is 0 Å². The van der Waals surface area contributed by atoms with E-state index in [0.717, 1.165) is 6.54 Å². The van der Waals surface area contributed by atoms with Crippen LogP contribution >= 0.6 is 0 Å². The molecule has 0 saturated heterocycles. The number of hydrogen-bond donors (Lipinski definition) is 1. The quantitative estimate of drug-likeness (QED) is 0.683. The second-order valence-corrected chi connectivity index (χ2v) is 5.69. The van der Waals surface area contributed by atoms with Gasteiger partial charge in [-0.2, -0.15) is 0 Å². The predicted octanol–water partition coefficient (Wildman–Crippen LogP) is 4.17. The van der Waals surface area contributed by atoms with Gasteiger partial charge in [-0.05, 0) is 36.6 Å². The Hall–Kier alpha value is -2.09. The minimum atomic E-state index is 0.708. The Bertz CT molecular complexity index is 696. The molecule has 0 aliphatic carbocycles. The molecule has 0 spiro atoms. The van der Waals surface area contributed by atoms with Crippen LogP contribution in [0.2, 0.25) is 0 Å². The minimum Gasteiger partial charge on any atom is -0.236 e. The number of imidazole rings is 1. The third-order valence-corrected chi connectivity index (χ3v) is 3.70. The largest absolute Gasteiger partial charge is 0.287 e. The number of rotatable bonds is 4. The second kappa shape index (κ2) is 5.49. The monoisotopic (exact) mass is 265 g/mol. The van der Waals surface area contributed by atoms with Gasteiger partial charge in [-0.3, -0.25) is 0 Å². The Morgan fingerprint density at radius 1 is 0.950 bits per heavy atom. The fraction of sp³-hybridized carbons (Fsp3) is 0.278. The highest BCUT2D eigenvalue weighted by molar-refractivity contribution is 5.74. The van der Waals surface area contributed by atoms with E-state index < -0.39 is 0 Å². The fourth-order valence-electron chi connectivity index (χ4n) is 2.57. The average Bonchev–Trinajstić information content (AvgIpc) is 2.84. The third kappa shape index (κ3) is 2.46. The zero-order valence-electron chi connectivity index (χ0n) is 12.1. The molecule has 0 atom stereocenters. The normalized spacial score (nSPS) is 11.3. The van der Waals surface area contributed by atoms with Crippen LogP contribution in [0.15, 0.2) is 54.6 Å². The second-order valence-electron chi connectivity index (χ2n) is 5.69. The fourth-order valence-corrected chi connectivity index (χ4v) is 2.57. The summed E-state index contributed by atoms with van der Waals surface area (Å²) in [7, 11) is 0. The number of hydrogen-bond acceptors (Lipinski definition) is 0. The Balaban J connectivity index is 2.12. The van der Waals surface area contributed by atoms with Crippen LogP contribution in [0.5, 0.6) is 0 Å². The van der Waals surface area contributed by atoms with Gasteiger partial charge in [0.2, 0.25) is 0 Å². The maximum atomic E-state index is 3.57. The summed E-state index contributed by atoms with van der Waals surface area (Å²) in [5.74, 6) is 1.91. The van der Waals surface area contributed by atoms with Gasteiger partial charge in [-0.15, -0.1) is 0 Å². The summed E-state index contributed by atoms with van der Waals surface area (Å²) in [4.78, 5) is 3.57. The van der Waals surface area contributed by atoms with Crippen molar-refractivity contribution in [3.8, 4) is 11.4 Å². The number of aromatic nitrogens is 2. The highest BCUT2D eigenvalue weighted by Gasteiger charge is 2.19. The van der Waals surface area contributed by atoms with E-state index >= 15 is 0 Å². The molecule has 0 aliphatic rings. The third-order valence-electron chi connectivity index (χ3n) is 3.70. The van der Waals surface area contributed by atoms with E-state index in [-0.39, 0.29) is 0 Å². The number of aryl methyl sites for hydroxylation is 1. The van der Waals surface area contributed by atoms with Crippen molar-refractivity contribution in [1.29, 1.82) is 0 Å². The van der Waals surface area contributed by atoms with Crippen LogP contribution in [0.25, 0.3) is 22.4 Å².